The van der Waals surface area contributed by atoms with Gasteiger partial charge in [0, 0.05) is 24.0 Å². The smallest absolute Gasteiger partial charge is 0.242 e. The van der Waals surface area contributed by atoms with Crippen LogP contribution in [0, 0.1) is 0 Å². The van der Waals surface area contributed by atoms with Gasteiger partial charge in [-0.2, -0.15) is 4.98 Å². The number of nitrogens with zero attached hydrogens (tertiary/aromatic N) is 4. The number of methoxy groups -OCH3 is 1. The SMILES string of the molecule is COc1cncc(-c2ccnc(-c3nc(NC(C)C)n[nH]3)c2)c1. The molecule has 0 amide bonds. The summed E-state index contributed by atoms with van der Waals surface area (Å²) < 4.78 is 5.22. The third-order valence-electron chi connectivity index (χ3n) is 3.19. The molecule has 2 N–H and O–H groups in total. The van der Waals surface area contributed by atoms with E-state index >= 15 is 0 Å². The van der Waals surface area contributed by atoms with Crippen LogP contribution in [-0.4, -0.2) is 38.3 Å². The number of hydrogen-bond acceptors (Lipinski definition) is 6. The second kappa shape index (κ2) is 6.43. The standard InChI is InChI=1S/C16H18N6O/c1-10(2)19-16-20-15(21-22-16)14-7-11(4-5-18-14)12-6-13(23-3)9-17-8-12/h4-10H,1-3H3,(H2,19,20,21,22). The van der Waals surface area contributed by atoms with Gasteiger partial charge in [-0.05, 0) is 37.6 Å². The van der Waals surface area contributed by atoms with Gasteiger partial charge in [0.15, 0.2) is 5.82 Å². The van der Waals surface area contributed by atoms with Gasteiger partial charge in [0.2, 0.25) is 5.95 Å². The summed E-state index contributed by atoms with van der Waals surface area (Å²) in [6, 6.07) is 6.05. The molecule has 3 rings (SSSR count). The van der Waals surface area contributed by atoms with Crippen molar-refractivity contribution < 1.29 is 4.74 Å². The number of H-pyrrole nitrogens is 1. The van der Waals surface area contributed by atoms with E-state index in [0.717, 1.165) is 16.8 Å². The Morgan fingerprint density at radius 1 is 1.17 bits per heavy atom. The van der Waals surface area contributed by atoms with Gasteiger partial charge in [-0.3, -0.25) is 15.1 Å². The molecule has 0 bridgehead atoms. The van der Waals surface area contributed by atoms with Gasteiger partial charge < -0.3 is 10.1 Å². The predicted molar refractivity (Wildman–Crippen MR) is 88.2 cm³/mol. The van der Waals surface area contributed by atoms with Gasteiger partial charge in [0.05, 0.1) is 13.3 Å². The van der Waals surface area contributed by atoms with E-state index in [1.165, 1.54) is 0 Å². The van der Waals surface area contributed by atoms with Crippen LogP contribution in [0.3, 0.4) is 0 Å². The number of pyridine rings is 2. The molecule has 3 aromatic rings. The Kier molecular flexibility index (Phi) is 4.18. The lowest BCUT2D eigenvalue weighted by molar-refractivity contribution is 0.413. The van der Waals surface area contributed by atoms with E-state index in [-0.39, 0.29) is 6.04 Å². The van der Waals surface area contributed by atoms with Gasteiger partial charge >= 0.3 is 0 Å². The third-order valence-corrected chi connectivity index (χ3v) is 3.19. The molecule has 3 aromatic heterocycles. The van der Waals surface area contributed by atoms with Crippen molar-refractivity contribution in [2.75, 3.05) is 12.4 Å². The minimum atomic E-state index is 0.265. The van der Waals surface area contributed by atoms with Crippen molar-refractivity contribution in [1.29, 1.82) is 0 Å². The van der Waals surface area contributed by atoms with Crippen molar-refractivity contribution in [1.82, 2.24) is 25.1 Å². The molecule has 0 aliphatic heterocycles. The molecule has 3 heterocycles. The number of ether oxygens (including phenoxy) is 1. The molecule has 0 spiro atoms. The molecule has 23 heavy (non-hydrogen) atoms. The molecule has 0 fully saturated rings. The molecule has 7 heteroatoms. The second-order valence-corrected chi connectivity index (χ2v) is 5.35. The summed E-state index contributed by atoms with van der Waals surface area (Å²) in [7, 11) is 1.62. The van der Waals surface area contributed by atoms with Gasteiger partial charge in [-0.25, -0.2) is 0 Å². The van der Waals surface area contributed by atoms with Crippen LogP contribution in [0.2, 0.25) is 0 Å². The molecule has 0 radical (unpaired) electrons. The largest absolute Gasteiger partial charge is 0.495 e. The molecule has 118 valence electrons. The fraction of sp³-hybridized carbons (Fsp3) is 0.250. The van der Waals surface area contributed by atoms with Crippen LogP contribution in [0.1, 0.15) is 13.8 Å². The number of rotatable bonds is 5. The summed E-state index contributed by atoms with van der Waals surface area (Å²) in [4.78, 5) is 12.9. The molecule has 0 saturated carbocycles. The summed E-state index contributed by atoms with van der Waals surface area (Å²) in [5, 5.41) is 10.2. The molecule has 0 aromatic carbocycles. The van der Waals surface area contributed by atoms with Crippen LogP contribution < -0.4 is 10.1 Å². The summed E-state index contributed by atoms with van der Waals surface area (Å²) in [6.45, 7) is 4.06. The number of nitrogens with one attached hydrogen (secondary N) is 2. The van der Waals surface area contributed by atoms with E-state index in [4.69, 9.17) is 4.74 Å². The van der Waals surface area contributed by atoms with Crippen LogP contribution in [0.4, 0.5) is 5.95 Å². The number of hydrogen-bond donors (Lipinski definition) is 2. The Labute approximate surface area is 134 Å². The maximum absolute atomic E-state index is 5.22. The fourth-order valence-corrected chi connectivity index (χ4v) is 2.13. The molecule has 0 unspecified atom stereocenters. The highest BCUT2D eigenvalue weighted by Gasteiger charge is 2.09. The Balaban J connectivity index is 1.91. The van der Waals surface area contributed by atoms with Crippen molar-refractivity contribution in [2.45, 2.75) is 19.9 Å². The lowest BCUT2D eigenvalue weighted by Gasteiger charge is -2.05. The molecular weight excluding hydrogens is 292 g/mol. The maximum atomic E-state index is 5.22. The molecule has 0 aliphatic rings. The average Bonchev–Trinajstić information content (AvgIpc) is 3.03. The second-order valence-electron chi connectivity index (χ2n) is 5.35. The fourth-order valence-electron chi connectivity index (χ4n) is 2.13. The van der Waals surface area contributed by atoms with E-state index in [2.05, 4.69) is 30.5 Å². The summed E-state index contributed by atoms with van der Waals surface area (Å²) in [5.74, 6) is 1.89. The topological polar surface area (TPSA) is 88.6 Å². The molecule has 7 nitrogen and oxygen atoms in total. The first-order valence-corrected chi connectivity index (χ1v) is 7.30. The molecule has 0 aliphatic carbocycles. The van der Waals surface area contributed by atoms with Gasteiger partial charge in [0.25, 0.3) is 0 Å². The highest BCUT2D eigenvalue weighted by Crippen LogP contribution is 2.25. The molecule has 0 saturated heterocycles. The zero-order valence-corrected chi connectivity index (χ0v) is 13.2. The van der Waals surface area contributed by atoms with Crippen LogP contribution in [0.5, 0.6) is 5.75 Å². The Morgan fingerprint density at radius 2 is 2.04 bits per heavy atom. The lowest BCUT2D eigenvalue weighted by Crippen LogP contribution is -2.10. The monoisotopic (exact) mass is 310 g/mol. The quantitative estimate of drug-likeness (QED) is 0.753. The van der Waals surface area contributed by atoms with E-state index in [0.29, 0.717) is 17.5 Å². The van der Waals surface area contributed by atoms with Crippen molar-refractivity contribution in [3.8, 4) is 28.4 Å². The first-order chi connectivity index (χ1) is 11.2. The van der Waals surface area contributed by atoms with Gasteiger partial charge in [-0.1, -0.05) is 0 Å². The Bertz CT molecular complexity index is 799. The van der Waals surface area contributed by atoms with Crippen molar-refractivity contribution >= 4 is 5.95 Å². The van der Waals surface area contributed by atoms with Crippen molar-refractivity contribution in [2.24, 2.45) is 0 Å². The van der Waals surface area contributed by atoms with Gasteiger partial charge in [-0.15, -0.1) is 5.10 Å². The van der Waals surface area contributed by atoms with Crippen molar-refractivity contribution in [3.05, 3.63) is 36.8 Å². The highest BCUT2D eigenvalue weighted by atomic mass is 16.5. The highest BCUT2D eigenvalue weighted by molar-refractivity contribution is 5.68. The predicted octanol–water partition coefficient (Wildman–Crippen LogP) is 2.76. The average molecular weight is 310 g/mol. The lowest BCUT2D eigenvalue weighted by atomic mass is 10.1. The maximum Gasteiger partial charge on any atom is 0.242 e. The Hall–Kier alpha value is -2.96. The molecule has 0 atom stereocenters. The van der Waals surface area contributed by atoms with E-state index < -0.39 is 0 Å². The van der Waals surface area contributed by atoms with Gasteiger partial charge in [0.1, 0.15) is 11.4 Å². The zero-order chi connectivity index (χ0) is 16.2. The van der Waals surface area contributed by atoms with Crippen LogP contribution in [-0.2, 0) is 0 Å². The number of aromatic nitrogens is 5. The normalized spacial score (nSPS) is 10.8. The first-order valence-electron chi connectivity index (χ1n) is 7.30. The van der Waals surface area contributed by atoms with E-state index in [1.807, 2.05) is 32.0 Å². The number of aromatic amines is 1. The molecular formula is C16H18N6O. The summed E-state index contributed by atoms with van der Waals surface area (Å²) in [6.07, 6.45) is 5.20. The van der Waals surface area contributed by atoms with E-state index in [9.17, 15) is 0 Å². The minimum Gasteiger partial charge on any atom is -0.495 e. The van der Waals surface area contributed by atoms with Crippen molar-refractivity contribution in [3.63, 3.8) is 0 Å². The Morgan fingerprint density at radius 3 is 2.83 bits per heavy atom. The third kappa shape index (κ3) is 3.45. The zero-order valence-electron chi connectivity index (χ0n) is 13.2. The van der Waals surface area contributed by atoms with Crippen LogP contribution in [0.15, 0.2) is 36.8 Å². The van der Waals surface area contributed by atoms with Crippen LogP contribution >= 0.6 is 0 Å². The minimum absolute atomic E-state index is 0.265. The summed E-state index contributed by atoms with van der Waals surface area (Å²) in [5.41, 5.74) is 2.65. The summed E-state index contributed by atoms with van der Waals surface area (Å²) >= 11 is 0. The van der Waals surface area contributed by atoms with Crippen LogP contribution in [0.25, 0.3) is 22.6 Å². The van der Waals surface area contributed by atoms with E-state index in [1.54, 1.807) is 25.7 Å². The first kappa shape index (κ1) is 15.0. The number of anilines is 1.